The number of hydrogen-bond acceptors (Lipinski definition) is 2. The summed E-state index contributed by atoms with van der Waals surface area (Å²) in [6, 6.07) is 13.0. The zero-order chi connectivity index (χ0) is 13.7. The molecule has 1 unspecified atom stereocenters. The fraction of sp³-hybridized carbons (Fsp3) is 0.375. The van der Waals surface area contributed by atoms with Crippen LogP contribution in [0.15, 0.2) is 51.6 Å². The fourth-order valence-corrected chi connectivity index (χ4v) is 2.36. The van der Waals surface area contributed by atoms with Gasteiger partial charge in [0.25, 0.3) is 0 Å². The Bertz CT molecular complexity index is 476. The molecule has 1 heterocycles. The van der Waals surface area contributed by atoms with Crippen molar-refractivity contribution in [2.24, 2.45) is 0 Å². The van der Waals surface area contributed by atoms with Crippen LogP contribution in [0.2, 0.25) is 0 Å². The minimum absolute atomic E-state index is 0.432. The lowest BCUT2D eigenvalue weighted by atomic mass is 9.94. The van der Waals surface area contributed by atoms with Gasteiger partial charge in [0, 0.05) is 29.4 Å². The van der Waals surface area contributed by atoms with Crippen molar-refractivity contribution in [2.75, 3.05) is 6.54 Å². The van der Waals surface area contributed by atoms with E-state index in [2.05, 4.69) is 59.4 Å². The molecule has 0 fully saturated rings. The molecule has 0 saturated carbocycles. The van der Waals surface area contributed by atoms with Crippen molar-refractivity contribution >= 4 is 15.9 Å². The molecule has 1 aromatic heterocycles. The molecule has 0 saturated heterocycles. The summed E-state index contributed by atoms with van der Waals surface area (Å²) in [6.07, 6.45) is 2.66. The van der Waals surface area contributed by atoms with E-state index in [1.807, 2.05) is 12.1 Å². The van der Waals surface area contributed by atoms with Gasteiger partial charge in [-0.05, 0) is 29.8 Å². The van der Waals surface area contributed by atoms with Crippen molar-refractivity contribution in [3.8, 4) is 0 Å². The molecule has 0 aliphatic heterocycles. The minimum Gasteiger partial charge on any atom is -0.469 e. The molecule has 1 N–H and O–H groups in total. The first kappa shape index (κ1) is 14.4. The molecule has 3 heteroatoms. The maximum Gasteiger partial charge on any atom is 0.104 e. The molecule has 1 aromatic carbocycles. The van der Waals surface area contributed by atoms with E-state index in [1.54, 1.807) is 6.26 Å². The quantitative estimate of drug-likeness (QED) is 0.854. The summed E-state index contributed by atoms with van der Waals surface area (Å²) in [5, 5.41) is 3.52. The maximum absolute atomic E-state index is 5.48. The highest BCUT2D eigenvalue weighted by molar-refractivity contribution is 9.10. The number of nitrogens with one attached hydrogen (secondary N) is 1. The van der Waals surface area contributed by atoms with E-state index in [1.165, 1.54) is 5.56 Å². The van der Waals surface area contributed by atoms with Crippen LogP contribution in [0.4, 0.5) is 0 Å². The van der Waals surface area contributed by atoms with Gasteiger partial charge in [0.1, 0.15) is 5.76 Å². The molecule has 0 aliphatic carbocycles. The van der Waals surface area contributed by atoms with Crippen LogP contribution in [0.3, 0.4) is 0 Å². The van der Waals surface area contributed by atoms with Crippen molar-refractivity contribution in [2.45, 2.75) is 32.2 Å². The second-order valence-corrected chi connectivity index (χ2v) is 6.01. The van der Waals surface area contributed by atoms with Crippen LogP contribution in [-0.4, -0.2) is 12.6 Å². The van der Waals surface area contributed by atoms with Gasteiger partial charge in [-0.1, -0.05) is 41.9 Å². The Morgan fingerprint density at radius 1 is 1.16 bits per heavy atom. The predicted molar refractivity (Wildman–Crippen MR) is 82.4 cm³/mol. The molecule has 0 bridgehead atoms. The summed E-state index contributed by atoms with van der Waals surface area (Å²) in [6.45, 7) is 5.30. The van der Waals surface area contributed by atoms with Gasteiger partial charge in [0.15, 0.2) is 0 Å². The van der Waals surface area contributed by atoms with E-state index in [4.69, 9.17) is 4.42 Å². The summed E-state index contributed by atoms with van der Waals surface area (Å²) in [7, 11) is 0. The lowest BCUT2D eigenvalue weighted by Crippen LogP contribution is -2.28. The first-order valence-electron chi connectivity index (χ1n) is 6.66. The molecule has 2 nitrogen and oxygen atoms in total. The van der Waals surface area contributed by atoms with Crippen molar-refractivity contribution in [3.05, 3.63) is 58.5 Å². The van der Waals surface area contributed by atoms with Gasteiger partial charge in [-0.3, -0.25) is 0 Å². The Labute approximate surface area is 123 Å². The van der Waals surface area contributed by atoms with Crippen LogP contribution in [0.5, 0.6) is 0 Å². The zero-order valence-electron chi connectivity index (χ0n) is 11.4. The van der Waals surface area contributed by atoms with E-state index in [-0.39, 0.29) is 0 Å². The van der Waals surface area contributed by atoms with Gasteiger partial charge in [-0.2, -0.15) is 0 Å². The Morgan fingerprint density at radius 3 is 2.47 bits per heavy atom. The highest BCUT2D eigenvalue weighted by atomic mass is 79.9. The van der Waals surface area contributed by atoms with Crippen molar-refractivity contribution < 1.29 is 4.42 Å². The van der Waals surface area contributed by atoms with Crippen LogP contribution in [0.25, 0.3) is 0 Å². The molecule has 19 heavy (non-hydrogen) atoms. The fourth-order valence-electron chi connectivity index (χ4n) is 2.09. The normalized spacial score (nSPS) is 12.8. The van der Waals surface area contributed by atoms with Gasteiger partial charge >= 0.3 is 0 Å². The molecule has 2 aromatic rings. The van der Waals surface area contributed by atoms with Gasteiger partial charge in [-0.25, -0.2) is 0 Å². The summed E-state index contributed by atoms with van der Waals surface area (Å²) >= 11 is 3.48. The first-order chi connectivity index (χ1) is 9.15. The third kappa shape index (κ3) is 4.51. The summed E-state index contributed by atoms with van der Waals surface area (Å²) < 4.78 is 6.59. The Morgan fingerprint density at radius 2 is 1.89 bits per heavy atom. The molecule has 0 spiro atoms. The van der Waals surface area contributed by atoms with Crippen LogP contribution in [-0.2, 0) is 6.42 Å². The average Bonchev–Trinajstić information content (AvgIpc) is 2.88. The van der Waals surface area contributed by atoms with Gasteiger partial charge in [0.2, 0.25) is 0 Å². The van der Waals surface area contributed by atoms with Crippen LogP contribution < -0.4 is 5.32 Å². The Kier molecular flexibility index (Phi) is 5.23. The molecule has 1 atom stereocenters. The zero-order valence-corrected chi connectivity index (χ0v) is 13.0. The highest BCUT2D eigenvalue weighted by Crippen LogP contribution is 2.22. The van der Waals surface area contributed by atoms with E-state index in [0.717, 1.165) is 23.2 Å². The standard InChI is InChI=1S/C16H20BrNO/c1-12(2)18-11-14(10-16-4-3-9-19-16)13-5-7-15(17)8-6-13/h3-9,12,14,18H,10-11H2,1-2H3. The molecular formula is C16H20BrNO. The largest absolute Gasteiger partial charge is 0.469 e. The number of benzene rings is 1. The summed E-state index contributed by atoms with van der Waals surface area (Å²) in [5.41, 5.74) is 1.34. The lowest BCUT2D eigenvalue weighted by molar-refractivity contribution is 0.461. The third-order valence-electron chi connectivity index (χ3n) is 3.14. The summed E-state index contributed by atoms with van der Waals surface area (Å²) in [4.78, 5) is 0. The van der Waals surface area contributed by atoms with Gasteiger partial charge in [0.05, 0.1) is 6.26 Å². The molecular weight excluding hydrogens is 302 g/mol. The van der Waals surface area contributed by atoms with E-state index in [0.29, 0.717) is 12.0 Å². The SMILES string of the molecule is CC(C)NCC(Cc1ccco1)c1ccc(Br)cc1. The predicted octanol–water partition coefficient (Wildman–Crippen LogP) is 4.37. The lowest BCUT2D eigenvalue weighted by Gasteiger charge is -2.19. The van der Waals surface area contributed by atoms with Crippen molar-refractivity contribution in [1.82, 2.24) is 5.32 Å². The monoisotopic (exact) mass is 321 g/mol. The van der Waals surface area contributed by atoms with E-state index >= 15 is 0 Å². The van der Waals surface area contributed by atoms with Crippen molar-refractivity contribution in [1.29, 1.82) is 0 Å². The molecule has 0 radical (unpaired) electrons. The minimum atomic E-state index is 0.432. The third-order valence-corrected chi connectivity index (χ3v) is 3.67. The topological polar surface area (TPSA) is 25.2 Å². The second kappa shape index (κ2) is 6.92. The summed E-state index contributed by atoms with van der Waals surface area (Å²) in [5.74, 6) is 1.47. The Balaban J connectivity index is 2.11. The van der Waals surface area contributed by atoms with Crippen LogP contribution >= 0.6 is 15.9 Å². The maximum atomic E-state index is 5.48. The highest BCUT2D eigenvalue weighted by Gasteiger charge is 2.14. The van der Waals surface area contributed by atoms with E-state index in [9.17, 15) is 0 Å². The average molecular weight is 322 g/mol. The van der Waals surface area contributed by atoms with Crippen LogP contribution in [0, 0.1) is 0 Å². The molecule has 0 amide bonds. The molecule has 2 rings (SSSR count). The second-order valence-electron chi connectivity index (χ2n) is 5.09. The smallest absolute Gasteiger partial charge is 0.104 e. The number of rotatable bonds is 6. The van der Waals surface area contributed by atoms with E-state index < -0.39 is 0 Å². The number of hydrogen-bond donors (Lipinski definition) is 1. The van der Waals surface area contributed by atoms with Crippen molar-refractivity contribution in [3.63, 3.8) is 0 Å². The van der Waals surface area contributed by atoms with Gasteiger partial charge in [-0.15, -0.1) is 0 Å². The van der Waals surface area contributed by atoms with Gasteiger partial charge < -0.3 is 9.73 Å². The molecule has 0 aliphatic rings. The number of furan rings is 1. The van der Waals surface area contributed by atoms with Crippen LogP contribution in [0.1, 0.15) is 31.1 Å². The Hall–Kier alpha value is -1.06. The number of halogens is 1. The molecule has 102 valence electrons. The first-order valence-corrected chi connectivity index (χ1v) is 7.45.